The number of aromatic amines is 1. The lowest BCUT2D eigenvalue weighted by atomic mass is 10.5. The standard InChI is InChI=1S/C7H9NO2/c1-2-10-6-3-4-7(9)8-5-6/h3-5H,2H2,1H3,(H,8,9). The zero-order valence-electron chi connectivity index (χ0n) is 5.76. The van der Waals surface area contributed by atoms with E-state index in [-0.39, 0.29) is 5.56 Å². The van der Waals surface area contributed by atoms with E-state index >= 15 is 0 Å². The first-order valence-electron chi connectivity index (χ1n) is 3.14. The number of rotatable bonds is 2. The van der Waals surface area contributed by atoms with Crippen molar-refractivity contribution in [2.75, 3.05) is 6.61 Å². The van der Waals surface area contributed by atoms with E-state index < -0.39 is 0 Å². The molecule has 0 aliphatic carbocycles. The Bertz CT molecular complexity index is 234. The van der Waals surface area contributed by atoms with Crippen molar-refractivity contribution >= 4 is 0 Å². The monoisotopic (exact) mass is 139 g/mol. The van der Waals surface area contributed by atoms with Gasteiger partial charge >= 0.3 is 0 Å². The molecular weight excluding hydrogens is 130 g/mol. The van der Waals surface area contributed by atoms with Gasteiger partial charge in [-0.1, -0.05) is 0 Å². The van der Waals surface area contributed by atoms with Crippen molar-refractivity contribution in [3.63, 3.8) is 0 Å². The van der Waals surface area contributed by atoms with Crippen LogP contribution in [0.3, 0.4) is 0 Å². The Morgan fingerprint density at radius 2 is 2.40 bits per heavy atom. The molecule has 0 atom stereocenters. The second-order valence-electron chi connectivity index (χ2n) is 1.82. The summed E-state index contributed by atoms with van der Waals surface area (Å²) in [4.78, 5) is 13.0. The van der Waals surface area contributed by atoms with Gasteiger partial charge in [0.2, 0.25) is 5.56 Å². The summed E-state index contributed by atoms with van der Waals surface area (Å²) < 4.78 is 5.09. The van der Waals surface area contributed by atoms with Crippen LogP contribution in [-0.2, 0) is 0 Å². The second-order valence-corrected chi connectivity index (χ2v) is 1.82. The summed E-state index contributed by atoms with van der Waals surface area (Å²) in [7, 11) is 0. The summed E-state index contributed by atoms with van der Waals surface area (Å²) in [6.45, 7) is 2.51. The fraction of sp³-hybridized carbons (Fsp3) is 0.286. The van der Waals surface area contributed by atoms with E-state index in [4.69, 9.17) is 4.74 Å². The minimum atomic E-state index is -0.108. The Hall–Kier alpha value is -1.25. The van der Waals surface area contributed by atoms with Crippen molar-refractivity contribution in [1.82, 2.24) is 4.98 Å². The normalized spacial score (nSPS) is 9.30. The predicted octanol–water partition coefficient (Wildman–Crippen LogP) is 0.774. The highest BCUT2D eigenvalue weighted by Gasteiger charge is 1.87. The molecular formula is C7H9NO2. The summed E-state index contributed by atoms with van der Waals surface area (Å²) in [5.41, 5.74) is -0.108. The van der Waals surface area contributed by atoms with Gasteiger partial charge in [-0.2, -0.15) is 0 Å². The molecule has 1 rings (SSSR count). The lowest BCUT2D eigenvalue weighted by Gasteiger charge is -1.98. The lowest BCUT2D eigenvalue weighted by molar-refractivity contribution is 0.338. The van der Waals surface area contributed by atoms with Crippen LogP contribution in [0.25, 0.3) is 0 Å². The molecule has 1 aromatic rings. The molecule has 3 heteroatoms. The van der Waals surface area contributed by atoms with Gasteiger partial charge in [0.25, 0.3) is 0 Å². The molecule has 1 heterocycles. The molecule has 1 N–H and O–H groups in total. The topological polar surface area (TPSA) is 42.1 Å². The van der Waals surface area contributed by atoms with E-state index in [9.17, 15) is 4.79 Å². The number of pyridine rings is 1. The van der Waals surface area contributed by atoms with Crippen LogP contribution in [0.1, 0.15) is 6.92 Å². The zero-order chi connectivity index (χ0) is 7.40. The maximum absolute atomic E-state index is 10.5. The highest BCUT2D eigenvalue weighted by atomic mass is 16.5. The minimum Gasteiger partial charge on any atom is -0.492 e. The first-order valence-corrected chi connectivity index (χ1v) is 3.14. The summed E-state index contributed by atoms with van der Waals surface area (Å²) in [5, 5.41) is 0. The molecule has 0 saturated carbocycles. The summed E-state index contributed by atoms with van der Waals surface area (Å²) in [6.07, 6.45) is 1.55. The summed E-state index contributed by atoms with van der Waals surface area (Å²) >= 11 is 0. The molecule has 0 spiro atoms. The zero-order valence-corrected chi connectivity index (χ0v) is 5.76. The third-order valence-corrected chi connectivity index (χ3v) is 1.07. The van der Waals surface area contributed by atoms with E-state index in [0.29, 0.717) is 12.4 Å². The van der Waals surface area contributed by atoms with Crippen LogP contribution in [-0.4, -0.2) is 11.6 Å². The highest BCUT2D eigenvalue weighted by Crippen LogP contribution is 2.02. The van der Waals surface area contributed by atoms with Crippen molar-refractivity contribution in [3.8, 4) is 5.75 Å². The summed E-state index contributed by atoms with van der Waals surface area (Å²) in [5.74, 6) is 0.696. The Balaban J connectivity index is 2.79. The van der Waals surface area contributed by atoms with Gasteiger partial charge in [0.15, 0.2) is 0 Å². The third kappa shape index (κ3) is 1.62. The SMILES string of the molecule is CCOc1ccc(=O)[nH]c1. The van der Waals surface area contributed by atoms with Crippen molar-refractivity contribution < 1.29 is 4.74 Å². The third-order valence-electron chi connectivity index (χ3n) is 1.07. The second kappa shape index (κ2) is 3.06. The van der Waals surface area contributed by atoms with E-state index in [1.165, 1.54) is 6.07 Å². The number of H-pyrrole nitrogens is 1. The fourth-order valence-corrected chi connectivity index (χ4v) is 0.653. The summed E-state index contributed by atoms with van der Waals surface area (Å²) in [6, 6.07) is 3.08. The van der Waals surface area contributed by atoms with E-state index in [1.54, 1.807) is 12.3 Å². The van der Waals surface area contributed by atoms with Crippen molar-refractivity contribution in [3.05, 3.63) is 28.7 Å². The molecule has 1 aromatic heterocycles. The first kappa shape index (κ1) is 6.86. The molecule has 0 aliphatic heterocycles. The van der Waals surface area contributed by atoms with E-state index in [0.717, 1.165) is 0 Å². The van der Waals surface area contributed by atoms with Gasteiger partial charge in [-0.15, -0.1) is 0 Å². The molecule has 0 aromatic carbocycles. The molecule has 0 aliphatic rings. The van der Waals surface area contributed by atoms with E-state index in [1.807, 2.05) is 6.92 Å². The highest BCUT2D eigenvalue weighted by molar-refractivity contribution is 5.15. The quantitative estimate of drug-likeness (QED) is 0.657. The number of aromatic nitrogens is 1. The number of hydrogen-bond donors (Lipinski definition) is 1. The van der Waals surface area contributed by atoms with Gasteiger partial charge in [0, 0.05) is 12.3 Å². The average molecular weight is 139 g/mol. The Morgan fingerprint density at radius 1 is 1.60 bits per heavy atom. The lowest BCUT2D eigenvalue weighted by Crippen LogP contribution is -2.02. The number of hydrogen-bond acceptors (Lipinski definition) is 2. The van der Waals surface area contributed by atoms with Crippen molar-refractivity contribution in [2.45, 2.75) is 6.92 Å². The molecule has 0 saturated heterocycles. The van der Waals surface area contributed by atoms with Gasteiger partial charge in [0.1, 0.15) is 5.75 Å². The first-order chi connectivity index (χ1) is 4.83. The predicted molar refractivity (Wildman–Crippen MR) is 38.2 cm³/mol. The molecule has 54 valence electrons. The number of ether oxygens (including phenoxy) is 1. The van der Waals surface area contributed by atoms with Crippen molar-refractivity contribution in [1.29, 1.82) is 0 Å². The smallest absolute Gasteiger partial charge is 0.248 e. The Labute approximate surface area is 58.7 Å². The van der Waals surface area contributed by atoms with Crippen LogP contribution in [0, 0.1) is 0 Å². The molecule has 0 fully saturated rings. The largest absolute Gasteiger partial charge is 0.492 e. The van der Waals surface area contributed by atoms with Crippen LogP contribution in [0.15, 0.2) is 23.1 Å². The van der Waals surface area contributed by atoms with Crippen LogP contribution in [0.4, 0.5) is 0 Å². The Morgan fingerprint density at radius 3 is 2.90 bits per heavy atom. The van der Waals surface area contributed by atoms with Gasteiger partial charge < -0.3 is 9.72 Å². The van der Waals surface area contributed by atoms with E-state index in [2.05, 4.69) is 4.98 Å². The maximum atomic E-state index is 10.5. The van der Waals surface area contributed by atoms with Crippen LogP contribution >= 0.6 is 0 Å². The van der Waals surface area contributed by atoms with Gasteiger partial charge in [-0.3, -0.25) is 4.79 Å². The maximum Gasteiger partial charge on any atom is 0.248 e. The van der Waals surface area contributed by atoms with Gasteiger partial charge in [-0.05, 0) is 13.0 Å². The van der Waals surface area contributed by atoms with Gasteiger partial charge in [-0.25, -0.2) is 0 Å². The minimum absolute atomic E-state index is 0.108. The van der Waals surface area contributed by atoms with Crippen molar-refractivity contribution in [2.24, 2.45) is 0 Å². The molecule has 0 bridgehead atoms. The molecule has 0 radical (unpaired) electrons. The fourth-order valence-electron chi connectivity index (χ4n) is 0.653. The van der Waals surface area contributed by atoms with Gasteiger partial charge in [0.05, 0.1) is 6.61 Å². The number of nitrogens with one attached hydrogen (secondary N) is 1. The van der Waals surface area contributed by atoms with Crippen LogP contribution in [0.5, 0.6) is 5.75 Å². The van der Waals surface area contributed by atoms with Crippen LogP contribution in [0.2, 0.25) is 0 Å². The molecule has 0 amide bonds. The molecule has 0 unspecified atom stereocenters. The molecule has 10 heavy (non-hydrogen) atoms. The average Bonchev–Trinajstić information content (AvgIpc) is 1.95. The van der Waals surface area contributed by atoms with Crippen LogP contribution < -0.4 is 10.3 Å². The Kier molecular flexibility index (Phi) is 2.10. The molecule has 3 nitrogen and oxygen atoms in total.